The van der Waals surface area contributed by atoms with Gasteiger partial charge in [0.25, 0.3) is 0 Å². The van der Waals surface area contributed by atoms with E-state index in [0.717, 1.165) is 27.6 Å². The minimum absolute atomic E-state index is 0.128. The molecule has 0 bridgehead atoms. The molecular weight excluding hydrogens is 541 g/mol. The van der Waals surface area contributed by atoms with Crippen molar-refractivity contribution in [2.24, 2.45) is 0 Å². The molecule has 5 aromatic carbocycles. The average molecular weight is 576 g/mol. The molecule has 0 N–H and O–H groups in total. The standard InChI is InChI=1S/C35H34NO3PSi/c1-26-23-32-35(39-25-36(40(32,37)38-4)34-27(2)15-14-16-28(34)3)33(24-26)41(29-17-8-5-9-18-29,30-19-10-6-11-20-30)31-21-12-7-13-22-31/h5-24H,25H2,1-4H3. The van der Waals surface area contributed by atoms with Crippen molar-refractivity contribution in [3.8, 4) is 5.75 Å². The molecule has 0 aliphatic carbocycles. The predicted octanol–water partition coefficient (Wildman–Crippen LogP) is 5.31. The SMILES string of the molecule is COP1(=O)c2cc(C)cc([Si](c3ccccc3)(c3ccccc3)c3ccccc3)c2OCN1c1c(C)cccc1C. The van der Waals surface area contributed by atoms with E-state index in [1.165, 1.54) is 15.6 Å². The first-order valence-corrected chi connectivity index (χ1v) is 17.4. The minimum atomic E-state index is -3.54. The number of aryl methyl sites for hydroxylation is 3. The molecule has 1 atom stereocenters. The van der Waals surface area contributed by atoms with Crippen LogP contribution in [0.5, 0.6) is 5.75 Å². The van der Waals surface area contributed by atoms with Crippen molar-refractivity contribution in [2.75, 3.05) is 18.5 Å². The molecule has 206 valence electrons. The van der Waals surface area contributed by atoms with Crippen LogP contribution in [0.3, 0.4) is 0 Å². The van der Waals surface area contributed by atoms with Gasteiger partial charge in [0.2, 0.25) is 0 Å². The molecule has 6 heteroatoms. The number of hydrogen-bond donors (Lipinski definition) is 0. The third-order valence-electron chi connectivity index (χ3n) is 8.14. The Labute approximate surface area is 243 Å². The van der Waals surface area contributed by atoms with E-state index >= 15 is 4.57 Å². The molecule has 1 heterocycles. The van der Waals surface area contributed by atoms with Crippen LogP contribution in [0.1, 0.15) is 16.7 Å². The van der Waals surface area contributed by atoms with Crippen molar-refractivity contribution in [1.82, 2.24) is 0 Å². The molecule has 0 spiro atoms. The second kappa shape index (κ2) is 10.8. The molecule has 4 nitrogen and oxygen atoms in total. The van der Waals surface area contributed by atoms with Gasteiger partial charge in [-0.3, -0.25) is 9.24 Å². The molecule has 41 heavy (non-hydrogen) atoms. The third-order valence-corrected chi connectivity index (χ3v) is 15.3. The van der Waals surface area contributed by atoms with E-state index in [1.807, 2.05) is 42.8 Å². The van der Waals surface area contributed by atoms with E-state index in [4.69, 9.17) is 9.26 Å². The zero-order chi connectivity index (χ0) is 28.6. The Kier molecular flexibility index (Phi) is 7.21. The maximum atomic E-state index is 15.1. The Morgan fingerprint density at radius 2 is 1.20 bits per heavy atom. The van der Waals surface area contributed by atoms with Gasteiger partial charge >= 0.3 is 7.52 Å². The van der Waals surface area contributed by atoms with Gasteiger partial charge in [0, 0.05) is 7.11 Å². The van der Waals surface area contributed by atoms with Crippen LogP contribution in [0.4, 0.5) is 5.69 Å². The normalized spacial score (nSPS) is 16.6. The highest BCUT2D eigenvalue weighted by Gasteiger charge is 2.49. The number of fused-ring (bicyclic) bond motifs is 1. The maximum absolute atomic E-state index is 15.1. The molecule has 0 fully saturated rings. The zero-order valence-corrected chi connectivity index (χ0v) is 25.8. The van der Waals surface area contributed by atoms with E-state index < -0.39 is 15.6 Å². The van der Waals surface area contributed by atoms with Gasteiger partial charge in [-0.1, -0.05) is 121 Å². The highest BCUT2D eigenvalue weighted by molar-refractivity contribution is 7.69. The van der Waals surface area contributed by atoms with Crippen LogP contribution in [0.15, 0.2) is 121 Å². The first kappa shape index (κ1) is 27.3. The predicted molar refractivity (Wildman–Crippen MR) is 173 cm³/mol. The topological polar surface area (TPSA) is 38.8 Å². The Balaban J connectivity index is 1.71. The van der Waals surface area contributed by atoms with E-state index in [-0.39, 0.29) is 6.73 Å². The molecule has 5 aromatic rings. The maximum Gasteiger partial charge on any atom is 0.332 e. The van der Waals surface area contributed by atoms with Gasteiger partial charge in [-0.05, 0) is 58.7 Å². The van der Waals surface area contributed by atoms with Gasteiger partial charge in [0.15, 0.2) is 14.8 Å². The summed E-state index contributed by atoms with van der Waals surface area (Å²) in [6, 6.07) is 42.5. The lowest BCUT2D eigenvalue weighted by atomic mass is 10.1. The first-order valence-electron chi connectivity index (χ1n) is 13.9. The van der Waals surface area contributed by atoms with Crippen LogP contribution in [0.2, 0.25) is 0 Å². The summed E-state index contributed by atoms with van der Waals surface area (Å²) in [5.41, 5.74) is 3.97. The number of nitrogens with zero attached hydrogens (tertiary/aromatic N) is 1. The van der Waals surface area contributed by atoms with Gasteiger partial charge in [0.05, 0.1) is 11.0 Å². The average Bonchev–Trinajstić information content (AvgIpc) is 3.00. The Morgan fingerprint density at radius 3 is 1.66 bits per heavy atom. The molecule has 0 saturated carbocycles. The Morgan fingerprint density at radius 1 is 0.707 bits per heavy atom. The van der Waals surface area contributed by atoms with Gasteiger partial charge in [0.1, 0.15) is 5.75 Å². The molecule has 0 aromatic heterocycles. The van der Waals surface area contributed by atoms with Crippen LogP contribution >= 0.6 is 7.52 Å². The van der Waals surface area contributed by atoms with Crippen molar-refractivity contribution in [3.63, 3.8) is 0 Å². The van der Waals surface area contributed by atoms with E-state index in [1.54, 1.807) is 7.11 Å². The van der Waals surface area contributed by atoms with Crippen LogP contribution in [-0.4, -0.2) is 21.9 Å². The summed E-state index contributed by atoms with van der Waals surface area (Å²) in [5.74, 6) is 0.673. The Bertz CT molecular complexity index is 1630. The number of anilines is 1. The highest BCUT2D eigenvalue weighted by Crippen LogP contribution is 2.56. The number of benzene rings is 5. The van der Waals surface area contributed by atoms with Crippen molar-refractivity contribution in [2.45, 2.75) is 20.8 Å². The smallest absolute Gasteiger partial charge is 0.332 e. The monoisotopic (exact) mass is 575 g/mol. The quantitative estimate of drug-likeness (QED) is 0.156. The van der Waals surface area contributed by atoms with Gasteiger partial charge in [-0.2, -0.15) is 0 Å². The van der Waals surface area contributed by atoms with Crippen molar-refractivity contribution >= 4 is 47.3 Å². The molecule has 1 aliphatic rings. The summed E-state index contributed by atoms with van der Waals surface area (Å²) < 4.78 is 29.8. The molecule has 0 amide bonds. The molecule has 0 radical (unpaired) electrons. The fourth-order valence-corrected chi connectivity index (χ4v) is 13.7. The van der Waals surface area contributed by atoms with Crippen LogP contribution in [-0.2, 0) is 9.09 Å². The van der Waals surface area contributed by atoms with Crippen molar-refractivity contribution < 1.29 is 13.8 Å². The van der Waals surface area contributed by atoms with Gasteiger partial charge in [-0.15, -0.1) is 0 Å². The van der Waals surface area contributed by atoms with Crippen molar-refractivity contribution in [3.05, 3.63) is 138 Å². The van der Waals surface area contributed by atoms with E-state index in [0.29, 0.717) is 11.1 Å². The Hall–Kier alpha value is -3.89. The highest BCUT2D eigenvalue weighted by atomic mass is 31.2. The molecule has 6 rings (SSSR count). The lowest BCUT2D eigenvalue weighted by Crippen LogP contribution is -2.75. The summed E-state index contributed by atoms with van der Waals surface area (Å²) >= 11 is 0. The molecule has 1 aliphatic heterocycles. The summed E-state index contributed by atoms with van der Waals surface area (Å²) in [6.07, 6.45) is 0. The number of hydrogen-bond acceptors (Lipinski definition) is 3. The third kappa shape index (κ3) is 4.36. The lowest BCUT2D eigenvalue weighted by molar-refractivity contribution is 0.309. The van der Waals surface area contributed by atoms with E-state index in [2.05, 4.69) is 104 Å². The fourth-order valence-electron chi connectivity index (χ4n) is 6.36. The molecule has 0 saturated heterocycles. The summed E-state index contributed by atoms with van der Waals surface area (Å²) in [7, 11) is -4.92. The summed E-state index contributed by atoms with van der Waals surface area (Å²) in [5, 5.41) is 5.40. The van der Waals surface area contributed by atoms with Crippen LogP contribution in [0.25, 0.3) is 0 Å². The number of para-hydroxylation sites is 1. The van der Waals surface area contributed by atoms with E-state index in [9.17, 15) is 0 Å². The summed E-state index contributed by atoms with van der Waals surface area (Å²) in [4.78, 5) is 0. The van der Waals surface area contributed by atoms with Crippen molar-refractivity contribution in [1.29, 1.82) is 0 Å². The second-order valence-electron chi connectivity index (χ2n) is 10.6. The van der Waals surface area contributed by atoms with Crippen LogP contribution in [0, 0.1) is 20.8 Å². The number of rotatable bonds is 6. The zero-order valence-electron chi connectivity index (χ0n) is 23.9. The fraction of sp³-hybridized carbons (Fsp3) is 0.143. The number of ether oxygens (including phenoxy) is 1. The lowest BCUT2D eigenvalue weighted by Gasteiger charge is -2.42. The molecular formula is C35H34NO3PSi. The van der Waals surface area contributed by atoms with Gasteiger partial charge in [-0.25, -0.2) is 0 Å². The second-order valence-corrected chi connectivity index (χ2v) is 16.8. The first-order chi connectivity index (χ1) is 19.9. The summed E-state index contributed by atoms with van der Waals surface area (Å²) in [6.45, 7) is 6.28. The molecule has 1 unspecified atom stereocenters. The minimum Gasteiger partial charge on any atom is -0.472 e. The van der Waals surface area contributed by atoms with Gasteiger partial charge < -0.3 is 9.26 Å². The largest absolute Gasteiger partial charge is 0.472 e. The van der Waals surface area contributed by atoms with Crippen LogP contribution < -0.4 is 35.5 Å².